The zero-order chi connectivity index (χ0) is 17.9. The first-order valence-electron chi connectivity index (χ1n) is 10.1. The first-order chi connectivity index (χ1) is 12.3. The molecule has 0 radical (unpaired) electrons. The van der Waals surface area contributed by atoms with E-state index in [1.54, 1.807) is 0 Å². The molecule has 4 heteroatoms. The Labute approximate surface area is 152 Å². The Hall–Kier alpha value is -1.55. The van der Waals surface area contributed by atoms with Gasteiger partial charge in [-0.05, 0) is 25.0 Å². The summed E-state index contributed by atoms with van der Waals surface area (Å²) in [6, 6.07) is 8.25. The van der Waals surface area contributed by atoms with Crippen molar-refractivity contribution in [3.8, 4) is 0 Å². The normalized spacial score (nSPS) is 11.4. The molecule has 0 amide bonds. The summed E-state index contributed by atoms with van der Waals surface area (Å²) in [4.78, 5) is 0. The average molecular weight is 346 g/mol. The maximum absolute atomic E-state index is 8.45. The molecule has 0 aliphatic heterocycles. The Morgan fingerprint density at radius 3 is 2.04 bits per heavy atom. The highest BCUT2D eigenvalue weighted by atomic mass is 16.5. The molecule has 1 aromatic carbocycles. The minimum atomic E-state index is 0.479. The number of hydrogen-bond acceptors (Lipinski definition) is 2. The molecule has 1 N–H and O–H groups in total. The molecule has 25 heavy (non-hydrogen) atoms. The molecule has 1 aromatic heterocycles. The quantitative estimate of drug-likeness (QED) is 0.482. The largest absolute Gasteiger partial charge is 0.361 e. The van der Waals surface area contributed by atoms with E-state index in [0.717, 1.165) is 37.0 Å². The number of fused-ring (bicyclic) bond motifs is 1. The molecule has 0 spiro atoms. The van der Waals surface area contributed by atoms with Gasteiger partial charge in [-0.2, -0.15) is 0 Å². The third-order valence-electron chi connectivity index (χ3n) is 4.78. The van der Waals surface area contributed by atoms with Crippen LogP contribution in [0.2, 0.25) is 0 Å². The van der Waals surface area contributed by atoms with Gasteiger partial charge in [0.05, 0.1) is 11.0 Å². The van der Waals surface area contributed by atoms with Crippen LogP contribution >= 0.6 is 0 Å². The zero-order valence-electron chi connectivity index (χ0n) is 16.1. The number of nitrogens with zero attached hydrogens (tertiary/aromatic N) is 2. The number of aryl methyl sites for hydroxylation is 1. The van der Waals surface area contributed by atoms with Gasteiger partial charge in [0.1, 0.15) is 6.73 Å². The van der Waals surface area contributed by atoms with Gasteiger partial charge < -0.3 is 9.30 Å². The van der Waals surface area contributed by atoms with Crippen molar-refractivity contribution in [1.29, 1.82) is 5.41 Å². The second-order valence-electron chi connectivity index (χ2n) is 6.90. The lowest BCUT2D eigenvalue weighted by atomic mass is 10.1. The lowest BCUT2D eigenvalue weighted by Gasteiger charge is -2.07. The van der Waals surface area contributed by atoms with Crippen molar-refractivity contribution in [2.24, 2.45) is 0 Å². The fourth-order valence-electron chi connectivity index (χ4n) is 3.37. The summed E-state index contributed by atoms with van der Waals surface area (Å²) in [7, 11) is 0. The summed E-state index contributed by atoms with van der Waals surface area (Å²) >= 11 is 0. The van der Waals surface area contributed by atoms with Crippen LogP contribution in [0.3, 0.4) is 0 Å². The second-order valence-corrected chi connectivity index (χ2v) is 6.90. The number of rotatable bonds is 13. The van der Waals surface area contributed by atoms with Crippen molar-refractivity contribution in [2.45, 2.75) is 84.9 Å². The number of para-hydroxylation sites is 2. The van der Waals surface area contributed by atoms with E-state index in [9.17, 15) is 0 Å². The molecular formula is C21H35N3O. The van der Waals surface area contributed by atoms with E-state index in [2.05, 4.69) is 30.5 Å². The van der Waals surface area contributed by atoms with E-state index in [1.165, 1.54) is 44.9 Å². The minimum absolute atomic E-state index is 0.479. The fourth-order valence-corrected chi connectivity index (χ4v) is 3.37. The number of benzene rings is 1. The van der Waals surface area contributed by atoms with Gasteiger partial charge in [0, 0.05) is 13.2 Å². The number of unbranched alkanes of at least 4 members (excludes halogenated alkanes) is 7. The molecule has 1 heterocycles. The maximum Gasteiger partial charge on any atom is 0.204 e. The van der Waals surface area contributed by atoms with Crippen molar-refractivity contribution >= 4 is 11.0 Å². The number of imidazole rings is 1. The van der Waals surface area contributed by atoms with Crippen LogP contribution in [0, 0.1) is 5.41 Å². The van der Waals surface area contributed by atoms with Crippen molar-refractivity contribution in [2.75, 3.05) is 6.61 Å². The Morgan fingerprint density at radius 1 is 0.800 bits per heavy atom. The highest BCUT2D eigenvalue weighted by Crippen LogP contribution is 2.13. The van der Waals surface area contributed by atoms with Crippen LogP contribution < -0.4 is 5.62 Å². The van der Waals surface area contributed by atoms with Crippen LogP contribution in [0.5, 0.6) is 0 Å². The Balaban J connectivity index is 1.76. The van der Waals surface area contributed by atoms with E-state index >= 15 is 0 Å². The zero-order valence-corrected chi connectivity index (χ0v) is 16.1. The Morgan fingerprint density at radius 2 is 1.40 bits per heavy atom. The van der Waals surface area contributed by atoms with Gasteiger partial charge in [0.25, 0.3) is 0 Å². The Bertz CT molecular complexity index is 671. The van der Waals surface area contributed by atoms with E-state index in [-0.39, 0.29) is 0 Å². The standard InChI is InChI=1S/C21H35N3O/c1-3-5-6-7-8-9-10-13-17-25-18-24-20-15-12-11-14-19(20)23(16-4-2)21(24)22/h11-12,14-15,22H,3-10,13,16-18H2,1-2H3. The molecule has 4 nitrogen and oxygen atoms in total. The van der Waals surface area contributed by atoms with Crippen molar-refractivity contribution in [3.05, 3.63) is 29.9 Å². The molecule has 0 aliphatic rings. The van der Waals surface area contributed by atoms with E-state index < -0.39 is 0 Å². The van der Waals surface area contributed by atoms with Crippen LogP contribution in [-0.4, -0.2) is 15.7 Å². The summed E-state index contributed by atoms with van der Waals surface area (Å²) in [5, 5.41) is 8.45. The Kier molecular flexibility index (Phi) is 8.81. The first kappa shape index (κ1) is 19.8. The minimum Gasteiger partial charge on any atom is -0.361 e. The van der Waals surface area contributed by atoms with E-state index in [1.807, 2.05) is 16.7 Å². The van der Waals surface area contributed by atoms with Crippen LogP contribution in [0.15, 0.2) is 24.3 Å². The van der Waals surface area contributed by atoms with Crippen molar-refractivity contribution < 1.29 is 4.74 Å². The summed E-state index contributed by atoms with van der Waals surface area (Å²) in [5.41, 5.74) is 2.76. The summed E-state index contributed by atoms with van der Waals surface area (Å²) < 4.78 is 9.94. The predicted molar refractivity (Wildman–Crippen MR) is 105 cm³/mol. The lowest BCUT2D eigenvalue weighted by Crippen LogP contribution is -2.25. The SMILES string of the molecule is CCCCCCCCCCOCn1c(=N)n(CCC)c2ccccc21. The highest BCUT2D eigenvalue weighted by molar-refractivity contribution is 5.75. The molecule has 0 saturated carbocycles. The van der Waals surface area contributed by atoms with Gasteiger partial charge in [0.15, 0.2) is 0 Å². The lowest BCUT2D eigenvalue weighted by molar-refractivity contribution is 0.0729. The molecule has 0 unspecified atom stereocenters. The van der Waals surface area contributed by atoms with Gasteiger partial charge in [-0.15, -0.1) is 0 Å². The first-order valence-corrected chi connectivity index (χ1v) is 10.1. The molecule has 2 aromatic rings. The molecule has 0 fully saturated rings. The van der Waals surface area contributed by atoms with E-state index in [0.29, 0.717) is 12.3 Å². The topological polar surface area (TPSA) is 42.9 Å². The molecule has 0 aliphatic carbocycles. The second kappa shape index (κ2) is 11.1. The van der Waals surface area contributed by atoms with Crippen molar-refractivity contribution in [1.82, 2.24) is 9.13 Å². The van der Waals surface area contributed by atoms with Crippen molar-refractivity contribution in [3.63, 3.8) is 0 Å². The monoisotopic (exact) mass is 345 g/mol. The number of nitrogens with one attached hydrogen (secondary N) is 1. The number of hydrogen-bond donors (Lipinski definition) is 1. The molecule has 2 rings (SSSR count). The molecular weight excluding hydrogens is 310 g/mol. The maximum atomic E-state index is 8.45. The highest BCUT2D eigenvalue weighted by Gasteiger charge is 2.09. The number of ether oxygens (including phenoxy) is 1. The van der Waals surface area contributed by atoms with Gasteiger partial charge >= 0.3 is 0 Å². The predicted octanol–water partition coefficient (Wildman–Crippen LogP) is 5.45. The smallest absolute Gasteiger partial charge is 0.204 e. The molecule has 0 bridgehead atoms. The van der Waals surface area contributed by atoms with Crippen LogP contribution in [-0.2, 0) is 18.0 Å². The molecule has 140 valence electrons. The summed E-state index contributed by atoms with van der Waals surface area (Å²) in [6.45, 7) is 6.56. The van der Waals surface area contributed by atoms with E-state index in [4.69, 9.17) is 10.1 Å². The third kappa shape index (κ3) is 5.74. The summed E-state index contributed by atoms with van der Waals surface area (Å²) in [6.07, 6.45) is 11.5. The molecule has 0 saturated heterocycles. The molecule has 0 atom stereocenters. The fraction of sp³-hybridized carbons (Fsp3) is 0.667. The van der Waals surface area contributed by atoms with Gasteiger partial charge in [-0.3, -0.25) is 9.98 Å². The van der Waals surface area contributed by atoms with Crippen LogP contribution in [0.4, 0.5) is 0 Å². The average Bonchev–Trinajstić information content (AvgIpc) is 2.89. The number of aromatic nitrogens is 2. The van der Waals surface area contributed by atoms with Crippen LogP contribution in [0.25, 0.3) is 11.0 Å². The van der Waals surface area contributed by atoms with Crippen LogP contribution in [0.1, 0.15) is 71.6 Å². The van der Waals surface area contributed by atoms with Gasteiger partial charge in [-0.1, -0.05) is 70.9 Å². The summed E-state index contributed by atoms with van der Waals surface area (Å²) in [5.74, 6) is 0. The van der Waals surface area contributed by atoms with Gasteiger partial charge in [-0.25, -0.2) is 0 Å². The third-order valence-corrected chi connectivity index (χ3v) is 4.78. The van der Waals surface area contributed by atoms with Gasteiger partial charge in [0.2, 0.25) is 5.62 Å².